The van der Waals surface area contributed by atoms with Crippen molar-refractivity contribution in [2.45, 2.75) is 6.04 Å². The zero-order valence-electron chi connectivity index (χ0n) is 20.6. The number of aliphatic hydroxyl groups is 1. The lowest BCUT2D eigenvalue weighted by molar-refractivity contribution is 0.276. The van der Waals surface area contributed by atoms with Crippen molar-refractivity contribution in [2.75, 3.05) is 17.2 Å². The van der Waals surface area contributed by atoms with Gasteiger partial charge in [0.25, 0.3) is 11.4 Å². The van der Waals surface area contributed by atoms with Gasteiger partial charge in [0, 0.05) is 43.5 Å². The highest BCUT2D eigenvalue weighted by Gasteiger charge is 2.19. The molecule has 0 saturated heterocycles. The third-order valence-corrected chi connectivity index (χ3v) is 6.05. The molecule has 0 amide bonds. The van der Waals surface area contributed by atoms with Crippen molar-refractivity contribution in [2.24, 2.45) is 7.05 Å². The minimum atomic E-state index is -0.426. The van der Waals surface area contributed by atoms with Gasteiger partial charge in [0.1, 0.15) is 11.2 Å². The summed E-state index contributed by atoms with van der Waals surface area (Å²) in [7, 11) is 1.69. The van der Waals surface area contributed by atoms with Gasteiger partial charge in [-0.05, 0) is 17.7 Å². The number of H-pyrrole nitrogens is 1. The highest BCUT2D eigenvalue weighted by Crippen LogP contribution is 2.33. The molecule has 0 unspecified atom stereocenters. The van der Waals surface area contributed by atoms with Crippen LogP contribution in [-0.2, 0) is 7.05 Å². The van der Waals surface area contributed by atoms with E-state index in [1.54, 1.807) is 43.8 Å². The van der Waals surface area contributed by atoms with Crippen LogP contribution in [0, 0.1) is 0 Å². The van der Waals surface area contributed by atoms with Crippen LogP contribution in [0.3, 0.4) is 0 Å². The molecule has 1 atom stereocenters. The second kappa shape index (κ2) is 10.1. The second-order valence-electron chi connectivity index (χ2n) is 8.62. The number of aromatic amines is 1. The topological polar surface area (TPSA) is 173 Å². The Labute approximate surface area is 220 Å². The van der Waals surface area contributed by atoms with Gasteiger partial charge in [0.2, 0.25) is 11.8 Å². The molecular weight excluding hydrogens is 500 g/mol. The van der Waals surface area contributed by atoms with Gasteiger partial charge in [0.15, 0.2) is 5.65 Å². The number of pyridine rings is 2. The first-order valence-corrected chi connectivity index (χ1v) is 11.9. The molecule has 0 bridgehead atoms. The first kappa shape index (κ1) is 23.9. The lowest BCUT2D eigenvalue weighted by Gasteiger charge is -2.20. The normalized spacial score (nSPS) is 11.9. The van der Waals surface area contributed by atoms with Crippen molar-refractivity contribution >= 4 is 28.5 Å². The first-order chi connectivity index (χ1) is 19.1. The fraction of sp³-hybridized carbons (Fsp3) is 0.115. The predicted molar refractivity (Wildman–Crippen MR) is 143 cm³/mol. The van der Waals surface area contributed by atoms with Crippen LogP contribution in [0.15, 0.2) is 82.6 Å². The van der Waals surface area contributed by atoms with Crippen molar-refractivity contribution in [1.82, 2.24) is 39.9 Å². The summed E-state index contributed by atoms with van der Waals surface area (Å²) in [6.45, 7) is -0.165. The number of anilines is 3. The van der Waals surface area contributed by atoms with Crippen molar-refractivity contribution in [3.63, 3.8) is 0 Å². The van der Waals surface area contributed by atoms with E-state index in [9.17, 15) is 9.90 Å². The van der Waals surface area contributed by atoms with Crippen LogP contribution in [0.1, 0.15) is 11.6 Å². The van der Waals surface area contributed by atoms with Crippen LogP contribution in [-0.4, -0.2) is 51.6 Å². The number of hydrogen-bond acceptors (Lipinski definition) is 11. The van der Waals surface area contributed by atoms with Gasteiger partial charge in [-0.2, -0.15) is 9.97 Å². The highest BCUT2D eigenvalue weighted by atomic mass is 16.5. The minimum absolute atomic E-state index is 0.165. The summed E-state index contributed by atoms with van der Waals surface area (Å²) in [5.41, 5.74) is 2.94. The molecule has 0 aliphatic heterocycles. The van der Waals surface area contributed by atoms with E-state index < -0.39 is 6.04 Å². The SMILES string of the molecule is Cn1[nH]c(=O)c2cnc(Nc3cc(N[C@H](CO)c4ccccc4)c(-c4nc(-c5ccncc5)no4)cn3)nc21. The average molecular weight is 523 g/mol. The molecule has 0 aliphatic rings. The molecule has 1 aromatic carbocycles. The average Bonchev–Trinajstić information content (AvgIpc) is 3.57. The third-order valence-electron chi connectivity index (χ3n) is 6.05. The van der Waals surface area contributed by atoms with E-state index >= 15 is 0 Å². The summed E-state index contributed by atoms with van der Waals surface area (Å²) in [6.07, 6.45) is 6.33. The fourth-order valence-electron chi connectivity index (χ4n) is 4.10. The molecule has 13 heteroatoms. The summed E-state index contributed by atoms with van der Waals surface area (Å²) in [4.78, 5) is 33.7. The summed E-state index contributed by atoms with van der Waals surface area (Å²) in [6, 6.07) is 14.4. The summed E-state index contributed by atoms with van der Waals surface area (Å²) in [5.74, 6) is 1.32. The Morgan fingerprint density at radius 1 is 1.08 bits per heavy atom. The number of fused-ring (bicyclic) bond motifs is 1. The standard InChI is InChI=1S/C26H22N10O3/c1-36-23-18(24(38)34-36)13-29-26(33-23)31-21-11-19(30-20(14-37)15-5-3-2-4-6-15)17(12-28-21)25-32-22(35-39-25)16-7-9-27-10-8-16/h2-13,20,37H,14H2,1H3,(H,34,38)(H2,28,29,30,31,33)/t20-/m1/s1. The molecule has 6 aromatic rings. The molecule has 39 heavy (non-hydrogen) atoms. The monoisotopic (exact) mass is 522 g/mol. The number of aryl methyl sites for hydroxylation is 1. The number of hydrogen-bond donors (Lipinski definition) is 4. The Balaban J connectivity index is 1.38. The van der Waals surface area contributed by atoms with Crippen LogP contribution < -0.4 is 16.2 Å². The molecule has 0 spiro atoms. The molecule has 0 fully saturated rings. The van der Waals surface area contributed by atoms with E-state index in [1.165, 1.54) is 10.9 Å². The minimum Gasteiger partial charge on any atom is -0.394 e. The van der Waals surface area contributed by atoms with Crippen molar-refractivity contribution in [1.29, 1.82) is 0 Å². The molecule has 6 rings (SSSR count). The van der Waals surface area contributed by atoms with Gasteiger partial charge in [-0.3, -0.25) is 19.6 Å². The Kier molecular flexibility index (Phi) is 6.23. The number of aliphatic hydroxyl groups excluding tert-OH is 1. The summed E-state index contributed by atoms with van der Waals surface area (Å²) in [5, 5.41) is 23.8. The fourth-order valence-corrected chi connectivity index (χ4v) is 4.10. The van der Waals surface area contributed by atoms with Crippen molar-refractivity contribution in [3.8, 4) is 22.8 Å². The van der Waals surface area contributed by atoms with E-state index in [2.05, 4.69) is 45.8 Å². The Morgan fingerprint density at radius 3 is 2.69 bits per heavy atom. The van der Waals surface area contributed by atoms with E-state index in [0.717, 1.165) is 11.1 Å². The van der Waals surface area contributed by atoms with Gasteiger partial charge < -0.3 is 20.3 Å². The van der Waals surface area contributed by atoms with E-state index in [1.807, 2.05) is 30.3 Å². The predicted octanol–water partition coefficient (Wildman–Crippen LogP) is 3.05. The number of aromatic nitrogens is 8. The maximum Gasteiger partial charge on any atom is 0.275 e. The molecule has 4 N–H and O–H groups in total. The molecule has 5 aromatic heterocycles. The third kappa shape index (κ3) is 4.81. The maximum absolute atomic E-state index is 12.0. The lowest BCUT2D eigenvalue weighted by Crippen LogP contribution is -2.15. The molecule has 0 radical (unpaired) electrons. The Hall–Kier alpha value is -5.43. The van der Waals surface area contributed by atoms with Crippen molar-refractivity contribution < 1.29 is 9.63 Å². The molecule has 5 heterocycles. The first-order valence-electron chi connectivity index (χ1n) is 11.9. The maximum atomic E-state index is 12.0. The Morgan fingerprint density at radius 2 is 1.90 bits per heavy atom. The van der Waals surface area contributed by atoms with Crippen LogP contribution in [0.5, 0.6) is 0 Å². The summed E-state index contributed by atoms with van der Waals surface area (Å²) < 4.78 is 7.11. The van der Waals surface area contributed by atoms with E-state index in [-0.39, 0.29) is 24.0 Å². The van der Waals surface area contributed by atoms with Gasteiger partial charge in [0.05, 0.1) is 23.9 Å². The summed E-state index contributed by atoms with van der Waals surface area (Å²) >= 11 is 0. The van der Waals surface area contributed by atoms with E-state index in [0.29, 0.717) is 33.9 Å². The number of nitrogens with one attached hydrogen (secondary N) is 3. The molecule has 0 aliphatic carbocycles. The largest absolute Gasteiger partial charge is 0.394 e. The number of nitrogens with zero attached hydrogens (tertiary/aromatic N) is 7. The molecule has 194 valence electrons. The van der Waals surface area contributed by atoms with E-state index in [4.69, 9.17) is 4.52 Å². The van der Waals surface area contributed by atoms with Crippen molar-refractivity contribution in [3.05, 3.63) is 89.2 Å². The highest BCUT2D eigenvalue weighted by molar-refractivity contribution is 5.77. The van der Waals surface area contributed by atoms with Gasteiger partial charge >= 0.3 is 0 Å². The quantitative estimate of drug-likeness (QED) is 0.231. The zero-order valence-corrected chi connectivity index (χ0v) is 20.6. The van der Waals surface area contributed by atoms with Gasteiger partial charge in [-0.15, -0.1) is 0 Å². The smallest absolute Gasteiger partial charge is 0.275 e. The lowest BCUT2D eigenvalue weighted by atomic mass is 10.1. The zero-order chi connectivity index (χ0) is 26.8. The molecular formula is C26H22N10O3. The van der Waals surface area contributed by atoms with Crippen LogP contribution in [0.2, 0.25) is 0 Å². The van der Waals surface area contributed by atoms with Crippen LogP contribution in [0.4, 0.5) is 17.5 Å². The van der Waals surface area contributed by atoms with Crippen LogP contribution >= 0.6 is 0 Å². The number of benzene rings is 1. The van der Waals surface area contributed by atoms with Crippen LogP contribution in [0.25, 0.3) is 33.9 Å². The Bertz CT molecular complexity index is 1800. The van der Waals surface area contributed by atoms with Gasteiger partial charge in [-0.1, -0.05) is 35.5 Å². The molecule has 0 saturated carbocycles. The second-order valence-corrected chi connectivity index (χ2v) is 8.62. The van der Waals surface area contributed by atoms with Gasteiger partial charge in [-0.25, -0.2) is 9.97 Å². The molecule has 13 nitrogen and oxygen atoms in total. The number of rotatable bonds is 8.